The van der Waals surface area contributed by atoms with E-state index in [1.807, 2.05) is 0 Å². The Bertz CT molecular complexity index is 382. The van der Waals surface area contributed by atoms with Crippen molar-refractivity contribution in [2.45, 2.75) is 33.1 Å². The molecule has 0 N–H and O–H groups in total. The van der Waals surface area contributed by atoms with Gasteiger partial charge in [-0.05, 0) is 26.9 Å². The second-order valence-corrected chi connectivity index (χ2v) is 5.36. The zero-order chi connectivity index (χ0) is 14.3. The van der Waals surface area contributed by atoms with Crippen molar-refractivity contribution in [3.63, 3.8) is 0 Å². The van der Waals surface area contributed by atoms with E-state index in [2.05, 4.69) is 47.7 Å². The summed E-state index contributed by atoms with van der Waals surface area (Å²) in [7, 11) is 4.17. The van der Waals surface area contributed by atoms with E-state index in [1.54, 1.807) is 6.33 Å². The van der Waals surface area contributed by atoms with Gasteiger partial charge in [-0.15, -0.1) is 0 Å². The largest absolute Gasteiger partial charge is 0.355 e. The molecule has 0 amide bonds. The monoisotopic (exact) mass is 284 g/mol. The topological polar surface area (TPSA) is 32.3 Å². The van der Waals surface area contributed by atoms with Gasteiger partial charge in [0, 0.05) is 25.2 Å². The Hall–Kier alpha value is -0.870. The number of rotatable bonds is 8. The summed E-state index contributed by atoms with van der Waals surface area (Å²) in [5.41, 5.74) is 1.08. The molecular formula is C14H25ClN4. The SMILES string of the molecule is CCCc1c(Cl)ncnc1N(CCC)CCN(C)C. The minimum Gasteiger partial charge on any atom is -0.355 e. The zero-order valence-electron chi connectivity index (χ0n) is 12.5. The summed E-state index contributed by atoms with van der Waals surface area (Å²) in [5.74, 6) is 1.01. The number of nitrogens with zero attached hydrogens (tertiary/aromatic N) is 4. The van der Waals surface area contributed by atoms with Crippen LogP contribution in [0.5, 0.6) is 0 Å². The molecule has 108 valence electrons. The summed E-state index contributed by atoms with van der Waals surface area (Å²) >= 11 is 6.23. The van der Waals surface area contributed by atoms with E-state index < -0.39 is 0 Å². The third-order valence-electron chi connectivity index (χ3n) is 2.98. The summed E-state index contributed by atoms with van der Waals surface area (Å²) in [4.78, 5) is 13.1. The summed E-state index contributed by atoms with van der Waals surface area (Å²) in [5, 5.41) is 0.595. The first-order valence-electron chi connectivity index (χ1n) is 6.99. The molecule has 0 unspecified atom stereocenters. The molecule has 0 spiro atoms. The number of hydrogen-bond donors (Lipinski definition) is 0. The van der Waals surface area contributed by atoms with Crippen LogP contribution in [0.2, 0.25) is 5.15 Å². The Balaban J connectivity index is 2.96. The van der Waals surface area contributed by atoms with E-state index >= 15 is 0 Å². The second kappa shape index (κ2) is 8.33. The van der Waals surface area contributed by atoms with Crippen molar-refractivity contribution in [2.24, 2.45) is 0 Å². The van der Waals surface area contributed by atoms with Crippen LogP contribution in [0.15, 0.2) is 6.33 Å². The first-order chi connectivity index (χ1) is 9.10. The van der Waals surface area contributed by atoms with E-state index in [0.717, 1.165) is 50.3 Å². The van der Waals surface area contributed by atoms with Gasteiger partial charge in [0.05, 0.1) is 0 Å². The molecule has 1 aromatic rings. The normalized spacial score (nSPS) is 11.1. The van der Waals surface area contributed by atoms with Crippen molar-refractivity contribution in [3.05, 3.63) is 17.0 Å². The van der Waals surface area contributed by atoms with Crippen LogP contribution in [-0.4, -0.2) is 48.6 Å². The van der Waals surface area contributed by atoms with Crippen LogP contribution in [0.3, 0.4) is 0 Å². The zero-order valence-corrected chi connectivity index (χ0v) is 13.2. The average Bonchev–Trinajstić information content (AvgIpc) is 2.37. The lowest BCUT2D eigenvalue weighted by Crippen LogP contribution is -2.33. The molecule has 0 saturated carbocycles. The molecule has 0 fully saturated rings. The van der Waals surface area contributed by atoms with E-state index in [1.165, 1.54) is 0 Å². The van der Waals surface area contributed by atoms with E-state index in [4.69, 9.17) is 11.6 Å². The fourth-order valence-corrected chi connectivity index (χ4v) is 2.26. The summed E-state index contributed by atoms with van der Waals surface area (Å²) < 4.78 is 0. The van der Waals surface area contributed by atoms with Gasteiger partial charge in [-0.1, -0.05) is 31.9 Å². The molecule has 0 aromatic carbocycles. The molecule has 5 heteroatoms. The fourth-order valence-electron chi connectivity index (χ4n) is 2.03. The third-order valence-corrected chi connectivity index (χ3v) is 3.31. The minimum absolute atomic E-state index is 0.595. The maximum absolute atomic E-state index is 6.23. The standard InChI is InChI=1S/C14H25ClN4/c1-5-7-12-13(15)16-11-17-14(12)19(8-6-2)10-9-18(3)4/h11H,5-10H2,1-4H3. The van der Waals surface area contributed by atoms with Gasteiger partial charge < -0.3 is 9.80 Å². The lowest BCUT2D eigenvalue weighted by atomic mass is 10.1. The molecule has 0 aliphatic carbocycles. The van der Waals surface area contributed by atoms with Crippen molar-refractivity contribution < 1.29 is 0 Å². The highest BCUT2D eigenvalue weighted by Crippen LogP contribution is 2.24. The van der Waals surface area contributed by atoms with Crippen molar-refractivity contribution >= 4 is 17.4 Å². The first-order valence-corrected chi connectivity index (χ1v) is 7.37. The van der Waals surface area contributed by atoms with E-state index in [9.17, 15) is 0 Å². The van der Waals surface area contributed by atoms with E-state index in [0.29, 0.717) is 5.15 Å². The van der Waals surface area contributed by atoms with Crippen LogP contribution in [0.1, 0.15) is 32.3 Å². The van der Waals surface area contributed by atoms with Gasteiger partial charge >= 0.3 is 0 Å². The van der Waals surface area contributed by atoms with Crippen LogP contribution in [0.4, 0.5) is 5.82 Å². The Morgan fingerprint density at radius 3 is 2.37 bits per heavy atom. The highest BCUT2D eigenvalue weighted by atomic mass is 35.5. The lowest BCUT2D eigenvalue weighted by Gasteiger charge is -2.27. The van der Waals surface area contributed by atoms with Crippen molar-refractivity contribution in [1.29, 1.82) is 0 Å². The fraction of sp³-hybridized carbons (Fsp3) is 0.714. The summed E-state index contributed by atoms with van der Waals surface area (Å²) in [6, 6.07) is 0. The highest BCUT2D eigenvalue weighted by molar-refractivity contribution is 6.30. The Morgan fingerprint density at radius 2 is 1.79 bits per heavy atom. The van der Waals surface area contributed by atoms with Gasteiger partial charge in [0.25, 0.3) is 0 Å². The number of halogens is 1. The van der Waals surface area contributed by atoms with Crippen LogP contribution in [0, 0.1) is 0 Å². The summed E-state index contributed by atoms with van der Waals surface area (Å²) in [6.07, 6.45) is 4.64. The maximum atomic E-state index is 6.23. The Kier molecular flexibility index (Phi) is 7.10. The molecule has 0 aliphatic rings. The second-order valence-electron chi connectivity index (χ2n) is 5.01. The van der Waals surface area contributed by atoms with Crippen LogP contribution >= 0.6 is 11.6 Å². The van der Waals surface area contributed by atoms with Gasteiger partial charge in [0.2, 0.25) is 0 Å². The van der Waals surface area contributed by atoms with Gasteiger partial charge in [-0.3, -0.25) is 0 Å². The minimum atomic E-state index is 0.595. The predicted octanol–water partition coefficient (Wildman–Crippen LogP) is 2.86. The number of likely N-dealkylation sites (N-methyl/N-ethyl adjacent to an activating group) is 1. The number of anilines is 1. The molecule has 0 atom stereocenters. The maximum Gasteiger partial charge on any atom is 0.137 e. The van der Waals surface area contributed by atoms with Crippen molar-refractivity contribution in [3.8, 4) is 0 Å². The van der Waals surface area contributed by atoms with Crippen LogP contribution < -0.4 is 4.90 Å². The molecule has 1 aromatic heterocycles. The molecule has 0 bridgehead atoms. The lowest BCUT2D eigenvalue weighted by molar-refractivity contribution is 0.412. The molecular weight excluding hydrogens is 260 g/mol. The van der Waals surface area contributed by atoms with Gasteiger partial charge in [0.1, 0.15) is 17.3 Å². The van der Waals surface area contributed by atoms with Crippen molar-refractivity contribution in [2.75, 3.05) is 38.6 Å². The average molecular weight is 285 g/mol. The first kappa shape index (κ1) is 16.2. The molecule has 1 heterocycles. The molecule has 1 rings (SSSR count). The molecule has 0 aliphatic heterocycles. The van der Waals surface area contributed by atoms with Gasteiger partial charge in [-0.25, -0.2) is 9.97 Å². The van der Waals surface area contributed by atoms with Crippen LogP contribution in [-0.2, 0) is 6.42 Å². The Labute approximate surface area is 121 Å². The van der Waals surface area contributed by atoms with Gasteiger partial charge in [0.15, 0.2) is 0 Å². The Morgan fingerprint density at radius 1 is 1.05 bits per heavy atom. The third kappa shape index (κ3) is 4.96. The van der Waals surface area contributed by atoms with Crippen molar-refractivity contribution in [1.82, 2.24) is 14.9 Å². The quantitative estimate of drug-likeness (QED) is 0.687. The molecule has 19 heavy (non-hydrogen) atoms. The highest BCUT2D eigenvalue weighted by Gasteiger charge is 2.15. The molecule has 0 radical (unpaired) electrons. The van der Waals surface area contributed by atoms with Crippen LogP contribution in [0.25, 0.3) is 0 Å². The smallest absolute Gasteiger partial charge is 0.137 e. The molecule has 0 saturated heterocycles. The summed E-state index contributed by atoms with van der Waals surface area (Å²) in [6.45, 7) is 7.30. The van der Waals surface area contributed by atoms with Gasteiger partial charge in [-0.2, -0.15) is 0 Å². The molecule has 4 nitrogen and oxygen atoms in total. The number of aromatic nitrogens is 2. The van der Waals surface area contributed by atoms with E-state index in [-0.39, 0.29) is 0 Å². The number of hydrogen-bond acceptors (Lipinski definition) is 4. The predicted molar refractivity (Wildman–Crippen MR) is 82.1 cm³/mol.